The van der Waals surface area contributed by atoms with Crippen LogP contribution in [0.2, 0.25) is 0 Å². The van der Waals surface area contributed by atoms with Crippen molar-refractivity contribution in [3.8, 4) is 0 Å². The summed E-state index contributed by atoms with van der Waals surface area (Å²) in [6.07, 6.45) is 9.13. The van der Waals surface area contributed by atoms with Gasteiger partial charge >= 0.3 is 0 Å². The largest absolute Gasteiger partial charge is 0.467 e. The average molecular weight is 300 g/mol. The van der Waals surface area contributed by atoms with Gasteiger partial charge in [0, 0.05) is 12.1 Å². The van der Waals surface area contributed by atoms with Crippen LogP contribution >= 0.6 is 0 Å². The Labute approximate surface area is 129 Å². The van der Waals surface area contributed by atoms with Gasteiger partial charge in [-0.15, -0.1) is 0 Å². The van der Waals surface area contributed by atoms with Crippen molar-refractivity contribution in [3.05, 3.63) is 42.2 Å². The molecule has 2 heterocycles. The molecule has 1 saturated carbocycles. The fourth-order valence-electron chi connectivity index (χ4n) is 2.69. The number of carbonyl (C=O) groups excluding carboxylic acids is 1. The lowest BCUT2D eigenvalue weighted by Gasteiger charge is -2.23. The van der Waals surface area contributed by atoms with E-state index in [-0.39, 0.29) is 5.91 Å². The molecule has 3 rings (SSSR count). The number of carbonyl (C=O) groups is 1. The summed E-state index contributed by atoms with van der Waals surface area (Å²) in [7, 11) is 0. The zero-order chi connectivity index (χ0) is 15.2. The number of hydrogen-bond acceptors (Lipinski definition) is 5. The fourth-order valence-corrected chi connectivity index (χ4v) is 2.69. The number of nitrogens with one attached hydrogen (secondary N) is 2. The summed E-state index contributed by atoms with van der Waals surface area (Å²) < 4.78 is 5.18. The van der Waals surface area contributed by atoms with Gasteiger partial charge in [0.05, 0.1) is 12.8 Å². The Morgan fingerprint density at radius 2 is 2.14 bits per heavy atom. The summed E-state index contributed by atoms with van der Waals surface area (Å²) in [5, 5.41) is 6.18. The van der Waals surface area contributed by atoms with Gasteiger partial charge < -0.3 is 15.1 Å². The van der Waals surface area contributed by atoms with Crippen molar-refractivity contribution in [1.82, 2.24) is 15.3 Å². The van der Waals surface area contributed by atoms with Crippen LogP contribution in [0.15, 0.2) is 35.2 Å². The number of hydrogen-bond donors (Lipinski definition) is 2. The number of nitrogens with zero attached hydrogens (tertiary/aromatic N) is 2. The molecule has 6 nitrogen and oxygen atoms in total. The van der Waals surface area contributed by atoms with Crippen molar-refractivity contribution in [2.24, 2.45) is 0 Å². The molecule has 0 unspecified atom stereocenters. The van der Waals surface area contributed by atoms with Gasteiger partial charge in [-0.1, -0.05) is 19.3 Å². The molecule has 1 aliphatic carbocycles. The lowest BCUT2D eigenvalue weighted by molar-refractivity contribution is 0.0943. The van der Waals surface area contributed by atoms with Crippen LogP contribution in [0.1, 0.15) is 48.4 Å². The summed E-state index contributed by atoms with van der Waals surface area (Å²) in [5.41, 5.74) is 0.361. The Balaban J connectivity index is 1.58. The zero-order valence-corrected chi connectivity index (χ0v) is 12.4. The van der Waals surface area contributed by atoms with E-state index < -0.39 is 0 Å². The van der Waals surface area contributed by atoms with E-state index in [0.29, 0.717) is 29.9 Å². The number of furan rings is 1. The molecule has 0 aliphatic heterocycles. The minimum atomic E-state index is -0.231. The third kappa shape index (κ3) is 3.84. The number of aromatic nitrogens is 2. The van der Waals surface area contributed by atoms with Gasteiger partial charge in [0.1, 0.15) is 23.6 Å². The first-order valence-corrected chi connectivity index (χ1v) is 7.70. The van der Waals surface area contributed by atoms with Crippen molar-refractivity contribution in [1.29, 1.82) is 0 Å². The molecule has 1 fully saturated rings. The normalized spacial score (nSPS) is 15.5. The van der Waals surface area contributed by atoms with Crippen LogP contribution in [0.3, 0.4) is 0 Å². The number of anilines is 1. The lowest BCUT2D eigenvalue weighted by Crippen LogP contribution is -2.25. The molecule has 0 atom stereocenters. The first-order valence-electron chi connectivity index (χ1n) is 7.70. The van der Waals surface area contributed by atoms with Crippen molar-refractivity contribution in [3.63, 3.8) is 0 Å². The molecular weight excluding hydrogens is 280 g/mol. The second-order valence-electron chi connectivity index (χ2n) is 5.53. The van der Waals surface area contributed by atoms with E-state index in [1.165, 1.54) is 25.6 Å². The number of rotatable bonds is 5. The summed E-state index contributed by atoms with van der Waals surface area (Å²) in [4.78, 5) is 20.4. The maximum absolute atomic E-state index is 12.1. The highest BCUT2D eigenvalue weighted by Gasteiger charge is 2.15. The van der Waals surface area contributed by atoms with Gasteiger partial charge in [-0.2, -0.15) is 0 Å². The molecule has 0 saturated heterocycles. The molecule has 6 heteroatoms. The van der Waals surface area contributed by atoms with Gasteiger partial charge in [0.25, 0.3) is 5.91 Å². The molecular formula is C16H20N4O2. The third-order valence-electron chi connectivity index (χ3n) is 3.86. The van der Waals surface area contributed by atoms with Crippen LogP contribution in [0.5, 0.6) is 0 Å². The fraction of sp³-hybridized carbons (Fsp3) is 0.438. The SMILES string of the molecule is O=C(NCc1ccco1)c1cc(NC2CCCCC2)ncn1. The van der Waals surface area contributed by atoms with Crippen LogP contribution in [0.25, 0.3) is 0 Å². The highest BCUT2D eigenvalue weighted by molar-refractivity contribution is 5.92. The Kier molecular flexibility index (Phi) is 4.68. The van der Waals surface area contributed by atoms with E-state index in [4.69, 9.17) is 4.42 Å². The van der Waals surface area contributed by atoms with Crippen LogP contribution in [-0.4, -0.2) is 21.9 Å². The van der Waals surface area contributed by atoms with Crippen LogP contribution in [0, 0.1) is 0 Å². The van der Waals surface area contributed by atoms with E-state index in [2.05, 4.69) is 20.6 Å². The quantitative estimate of drug-likeness (QED) is 0.887. The van der Waals surface area contributed by atoms with Crippen molar-refractivity contribution < 1.29 is 9.21 Å². The van der Waals surface area contributed by atoms with E-state index in [1.807, 2.05) is 6.07 Å². The topological polar surface area (TPSA) is 80.0 Å². The second kappa shape index (κ2) is 7.06. The predicted molar refractivity (Wildman–Crippen MR) is 82.4 cm³/mol. The van der Waals surface area contributed by atoms with Crippen LogP contribution in [-0.2, 0) is 6.54 Å². The Morgan fingerprint density at radius 3 is 2.91 bits per heavy atom. The molecule has 0 aromatic carbocycles. The van der Waals surface area contributed by atoms with Gasteiger partial charge in [-0.25, -0.2) is 9.97 Å². The molecule has 2 aromatic heterocycles. The van der Waals surface area contributed by atoms with E-state index in [9.17, 15) is 4.79 Å². The molecule has 116 valence electrons. The van der Waals surface area contributed by atoms with Gasteiger partial charge in [0.15, 0.2) is 0 Å². The van der Waals surface area contributed by atoms with E-state index in [0.717, 1.165) is 12.8 Å². The summed E-state index contributed by atoms with van der Waals surface area (Å²) in [6, 6.07) is 5.75. The highest BCUT2D eigenvalue weighted by Crippen LogP contribution is 2.20. The van der Waals surface area contributed by atoms with Crippen LogP contribution in [0.4, 0.5) is 5.82 Å². The maximum Gasteiger partial charge on any atom is 0.270 e. The smallest absolute Gasteiger partial charge is 0.270 e. The first kappa shape index (κ1) is 14.6. The van der Waals surface area contributed by atoms with E-state index in [1.54, 1.807) is 18.4 Å². The average Bonchev–Trinajstić information content (AvgIpc) is 3.07. The number of amides is 1. The molecule has 2 N–H and O–H groups in total. The molecule has 22 heavy (non-hydrogen) atoms. The summed E-state index contributed by atoms with van der Waals surface area (Å²) >= 11 is 0. The molecule has 0 spiro atoms. The van der Waals surface area contributed by atoms with Crippen molar-refractivity contribution in [2.45, 2.75) is 44.7 Å². The zero-order valence-electron chi connectivity index (χ0n) is 12.4. The highest BCUT2D eigenvalue weighted by atomic mass is 16.3. The molecule has 2 aromatic rings. The van der Waals surface area contributed by atoms with Gasteiger partial charge in [-0.3, -0.25) is 4.79 Å². The minimum Gasteiger partial charge on any atom is -0.467 e. The van der Waals surface area contributed by atoms with E-state index >= 15 is 0 Å². The summed E-state index contributed by atoms with van der Waals surface area (Å²) in [5.74, 6) is 1.19. The summed E-state index contributed by atoms with van der Waals surface area (Å²) in [6.45, 7) is 0.348. The predicted octanol–water partition coefficient (Wildman–Crippen LogP) is 2.74. The van der Waals surface area contributed by atoms with Crippen molar-refractivity contribution in [2.75, 3.05) is 5.32 Å². The molecule has 0 bridgehead atoms. The van der Waals surface area contributed by atoms with Gasteiger partial charge in [-0.05, 0) is 25.0 Å². The third-order valence-corrected chi connectivity index (χ3v) is 3.86. The first-order chi connectivity index (χ1) is 10.8. The molecule has 1 aliphatic rings. The lowest BCUT2D eigenvalue weighted by atomic mass is 9.95. The molecule has 1 amide bonds. The minimum absolute atomic E-state index is 0.231. The Hall–Kier alpha value is -2.37. The maximum atomic E-state index is 12.1. The monoisotopic (exact) mass is 300 g/mol. The standard InChI is InChI=1S/C16H20N4O2/c21-16(17-10-13-7-4-8-22-13)14-9-15(19-11-18-14)20-12-5-2-1-3-6-12/h4,7-9,11-12H,1-3,5-6,10H2,(H,17,21)(H,18,19,20). The van der Waals surface area contributed by atoms with Crippen molar-refractivity contribution >= 4 is 11.7 Å². The second-order valence-corrected chi connectivity index (χ2v) is 5.53. The molecule has 0 radical (unpaired) electrons. The van der Waals surface area contributed by atoms with Crippen LogP contribution < -0.4 is 10.6 Å². The van der Waals surface area contributed by atoms with Gasteiger partial charge in [0.2, 0.25) is 0 Å². The Morgan fingerprint density at radius 1 is 1.27 bits per heavy atom. The Bertz CT molecular complexity index is 606.